The first-order chi connectivity index (χ1) is 9.14. The van der Waals surface area contributed by atoms with E-state index in [9.17, 15) is 4.79 Å². The molecule has 0 spiro atoms. The van der Waals surface area contributed by atoms with Gasteiger partial charge in [-0.25, -0.2) is 0 Å². The molecule has 1 heterocycles. The molecule has 2 rings (SSSR count). The summed E-state index contributed by atoms with van der Waals surface area (Å²) in [5.74, 6) is 0.101. The highest BCUT2D eigenvalue weighted by molar-refractivity contribution is 14.1. The zero-order valence-electron chi connectivity index (χ0n) is 10.9. The van der Waals surface area contributed by atoms with E-state index in [0.29, 0.717) is 0 Å². The van der Waals surface area contributed by atoms with Crippen molar-refractivity contribution >= 4 is 28.5 Å². The van der Waals surface area contributed by atoms with Gasteiger partial charge in [0, 0.05) is 10.1 Å². The molecule has 0 bridgehead atoms. The van der Waals surface area contributed by atoms with Gasteiger partial charge in [0.15, 0.2) is 0 Å². The van der Waals surface area contributed by atoms with E-state index in [2.05, 4.69) is 35.7 Å². The van der Waals surface area contributed by atoms with Crippen molar-refractivity contribution in [3.63, 3.8) is 0 Å². The summed E-state index contributed by atoms with van der Waals surface area (Å²) in [5.41, 5.74) is 0.526. The Bertz CT molecular complexity index is 511. The minimum Gasteiger partial charge on any atom is -0.329 e. The molecular weight excluding hydrogens is 349 g/mol. The summed E-state index contributed by atoms with van der Waals surface area (Å²) >= 11 is 2.21. The van der Waals surface area contributed by atoms with E-state index in [0.717, 1.165) is 34.9 Å². The third-order valence-electron chi connectivity index (χ3n) is 3.76. The maximum absolute atomic E-state index is 12.8. The average molecular weight is 367 g/mol. The van der Waals surface area contributed by atoms with Crippen LogP contribution in [0.3, 0.4) is 0 Å². The summed E-state index contributed by atoms with van der Waals surface area (Å²) in [6, 6.07) is 7.72. The fourth-order valence-electron chi connectivity index (χ4n) is 2.74. The maximum atomic E-state index is 12.8. The monoisotopic (exact) mass is 367 g/mol. The highest BCUT2D eigenvalue weighted by Crippen LogP contribution is 2.35. The molecule has 1 amide bonds. The smallest absolute Gasteiger partial charge is 0.255 e. The van der Waals surface area contributed by atoms with Gasteiger partial charge in [-0.1, -0.05) is 24.3 Å². The summed E-state index contributed by atoms with van der Waals surface area (Å²) in [7, 11) is 0. The van der Waals surface area contributed by atoms with E-state index >= 15 is 0 Å². The van der Waals surface area contributed by atoms with Crippen LogP contribution in [0.25, 0.3) is 0 Å². The molecule has 100 valence electrons. The van der Waals surface area contributed by atoms with Gasteiger partial charge in [0.1, 0.15) is 0 Å². The quantitative estimate of drug-likeness (QED) is 0.581. The summed E-state index contributed by atoms with van der Waals surface area (Å²) in [4.78, 5) is 14.7. The van der Waals surface area contributed by atoms with Gasteiger partial charge in [0.25, 0.3) is 5.91 Å². The van der Waals surface area contributed by atoms with E-state index in [-0.39, 0.29) is 11.4 Å². The SMILES string of the molecule is C=CCC1(C=C)CCCN1C(=O)c1ccccc1I. The molecule has 0 aliphatic carbocycles. The fourth-order valence-corrected chi connectivity index (χ4v) is 3.36. The molecular formula is C16H18INO. The Balaban J connectivity index is 2.35. The minimum atomic E-state index is -0.252. The first-order valence-corrected chi connectivity index (χ1v) is 7.53. The van der Waals surface area contributed by atoms with Crippen molar-refractivity contribution < 1.29 is 4.79 Å². The number of hydrogen-bond donors (Lipinski definition) is 0. The Morgan fingerprint density at radius 3 is 2.79 bits per heavy atom. The van der Waals surface area contributed by atoms with Gasteiger partial charge in [-0.15, -0.1) is 13.2 Å². The topological polar surface area (TPSA) is 20.3 Å². The van der Waals surface area contributed by atoms with Crippen molar-refractivity contribution in [2.75, 3.05) is 6.54 Å². The number of benzene rings is 1. The maximum Gasteiger partial charge on any atom is 0.255 e. The van der Waals surface area contributed by atoms with Crippen LogP contribution in [0.4, 0.5) is 0 Å². The van der Waals surface area contributed by atoms with Crippen molar-refractivity contribution in [2.45, 2.75) is 24.8 Å². The zero-order valence-corrected chi connectivity index (χ0v) is 13.1. The number of carbonyl (C=O) groups excluding carboxylic acids is 1. The molecule has 0 N–H and O–H groups in total. The number of nitrogens with zero attached hydrogens (tertiary/aromatic N) is 1. The standard InChI is InChI=1S/C16H18INO/c1-3-10-16(4-2)11-7-12-18(16)15(19)13-8-5-6-9-14(13)17/h3-6,8-9H,1-2,7,10-12H2. The Morgan fingerprint density at radius 1 is 1.42 bits per heavy atom. The first-order valence-electron chi connectivity index (χ1n) is 6.45. The molecule has 0 radical (unpaired) electrons. The first kappa shape index (κ1) is 14.3. The molecule has 19 heavy (non-hydrogen) atoms. The lowest BCUT2D eigenvalue weighted by Gasteiger charge is -2.35. The molecule has 1 fully saturated rings. The number of rotatable bonds is 4. The molecule has 0 saturated carbocycles. The van der Waals surface area contributed by atoms with Crippen LogP contribution in [-0.2, 0) is 0 Å². The van der Waals surface area contributed by atoms with Gasteiger partial charge >= 0.3 is 0 Å². The summed E-state index contributed by atoms with van der Waals surface area (Å²) in [6.45, 7) is 8.55. The van der Waals surface area contributed by atoms with Crippen LogP contribution in [0.2, 0.25) is 0 Å². The van der Waals surface area contributed by atoms with Crippen LogP contribution in [-0.4, -0.2) is 22.9 Å². The van der Waals surface area contributed by atoms with Gasteiger partial charge in [-0.3, -0.25) is 4.79 Å². The molecule has 1 aromatic rings. The van der Waals surface area contributed by atoms with Crippen molar-refractivity contribution in [1.29, 1.82) is 0 Å². The van der Waals surface area contributed by atoms with Gasteiger partial charge in [-0.05, 0) is 54.0 Å². The predicted molar refractivity (Wildman–Crippen MR) is 87.2 cm³/mol. The van der Waals surface area contributed by atoms with Crippen LogP contribution in [0.1, 0.15) is 29.6 Å². The second kappa shape index (κ2) is 5.90. The summed E-state index contributed by atoms with van der Waals surface area (Å²) in [6.07, 6.45) is 6.55. The second-order valence-electron chi connectivity index (χ2n) is 4.84. The Hall–Kier alpha value is -1.10. The lowest BCUT2D eigenvalue weighted by atomic mass is 9.91. The normalized spacial score (nSPS) is 22.3. The third-order valence-corrected chi connectivity index (χ3v) is 4.70. The van der Waals surface area contributed by atoms with Crippen molar-refractivity contribution in [1.82, 2.24) is 4.90 Å². The Labute approximate surface area is 128 Å². The number of halogens is 1. The van der Waals surface area contributed by atoms with Crippen molar-refractivity contribution in [3.8, 4) is 0 Å². The zero-order chi connectivity index (χ0) is 13.9. The van der Waals surface area contributed by atoms with Crippen LogP contribution in [0.15, 0.2) is 49.6 Å². The summed E-state index contributed by atoms with van der Waals surface area (Å²) in [5, 5.41) is 0. The van der Waals surface area contributed by atoms with Gasteiger partial charge in [0.2, 0.25) is 0 Å². The Kier molecular flexibility index (Phi) is 4.45. The highest BCUT2D eigenvalue weighted by atomic mass is 127. The van der Waals surface area contributed by atoms with Gasteiger partial charge in [0.05, 0.1) is 11.1 Å². The number of carbonyl (C=O) groups is 1. The highest BCUT2D eigenvalue weighted by Gasteiger charge is 2.40. The number of likely N-dealkylation sites (tertiary alicyclic amines) is 1. The predicted octanol–water partition coefficient (Wildman–Crippen LogP) is 4.03. The molecule has 1 atom stereocenters. The molecule has 1 aliphatic rings. The van der Waals surface area contributed by atoms with Crippen molar-refractivity contribution in [3.05, 3.63) is 58.7 Å². The third kappa shape index (κ3) is 2.61. The van der Waals surface area contributed by atoms with E-state index in [1.165, 1.54) is 0 Å². The lowest BCUT2D eigenvalue weighted by Crippen LogP contribution is -2.45. The molecule has 3 heteroatoms. The van der Waals surface area contributed by atoms with Crippen molar-refractivity contribution in [2.24, 2.45) is 0 Å². The molecule has 1 aromatic carbocycles. The summed E-state index contributed by atoms with van der Waals surface area (Å²) < 4.78 is 0.994. The van der Waals surface area contributed by atoms with E-state index < -0.39 is 0 Å². The van der Waals surface area contributed by atoms with Gasteiger partial charge < -0.3 is 4.90 Å². The van der Waals surface area contributed by atoms with Crippen LogP contribution in [0.5, 0.6) is 0 Å². The largest absolute Gasteiger partial charge is 0.329 e. The van der Waals surface area contributed by atoms with E-state index in [1.807, 2.05) is 41.3 Å². The van der Waals surface area contributed by atoms with E-state index in [4.69, 9.17) is 0 Å². The molecule has 1 aliphatic heterocycles. The average Bonchev–Trinajstić information content (AvgIpc) is 2.83. The molecule has 2 nitrogen and oxygen atoms in total. The van der Waals surface area contributed by atoms with Crippen LogP contribution >= 0.6 is 22.6 Å². The van der Waals surface area contributed by atoms with Crippen LogP contribution < -0.4 is 0 Å². The van der Waals surface area contributed by atoms with Crippen LogP contribution in [0, 0.1) is 3.57 Å². The Morgan fingerprint density at radius 2 is 2.16 bits per heavy atom. The molecule has 1 unspecified atom stereocenters. The lowest BCUT2D eigenvalue weighted by molar-refractivity contribution is 0.0667. The number of hydrogen-bond acceptors (Lipinski definition) is 1. The fraction of sp³-hybridized carbons (Fsp3) is 0.312. The van der Waals surface area contributed by atoms with E-state index in [1.54, 1.807) is 0 Å². The molecule has 1 saturated heterocycles. The van der Waals surface area contributed by atoms with Gasteiger partial charge in [-0.2, -0.15) is 0 Å². The number of amides is 1. The molecule has 0 aromatic heterocycles. The second-order valence-corrected chi connectivity index (χ2v) is 6.00. The minimum absolute atomic E-state index is 0.101.